The summed E-state index contributed by atoms with van der Waals surface area (Å²) >= 11 is 0. The van der Waals surface area contributed by atoms with Crippen molar-refractivity contribution in [2.24, 2.45) is 5.73 Å². The van der Waals surface area contributed by atoms with Gasteiger partial charge in [0.25, 0.3) is 0 Å². The van der Waals surface area contributed by atoms with Gasteiger partial charge in [-0.3, -0.25) is 4.98 Å². The van der Waals surface area contributed by atoms with E-state index >= 15 is 0 Å². The van der Waals surface area contributed by atoms with Gasteiger partial charge < -0.3 is 16.4 Å². The van der Waals surface area contributed by atoms with E-state index in [1.54, 1.807) is 12.4 Å². The van der Waals surface area contributed by atoms with Gasteiger partial charge in [0.15, 0.2) is 0 Å². The van der Waals surface area contributed by atoms with E-state index in [2.05, 4.69) is 15.6 Å². The maximum Gasteiger partial charge on any atom is 0.323 e. The quantitative estimate of drug-likeness (QED) is 0.802. The van der Waals surface area contributed by atoms with Crippen molar-refractivity contribution in [3.05, 3.63) is 53.9 Å². The van der Waals surface area contributed by atoms with E-state index in [9.17, 15) is 4.79 Å². The van der Waals surface area contributed by atoms with Crippen molar-refractivity contribution < 1.29 is 4.79 Å². The summed E-state index contributed by atoms with van der Waals surface area (Å²) < 4.78 is 0. The molecular formula is C15H18N4O. The van der Waals surface area contributed by atoms with Gasteiger partial charge in [0, 0.05) is 17.9 Å². The smallest absolute Gasteiger partial charge is 0.323 e. The summed E-state index contributed by atoms with van der Waals surface area (Å²) in [6, 6.07) is 8.98. The number of hydrogen-bond acceptors (Lipinski definition) is 3. The number of nitrogens with one attached hydrogen (secondary N) is 2. The Kier molecular flexibility index (Phi) is 4.32. The molecular weight excluding hydrogens is 252 g/mol. The molecule has 2 aromatic rings. The van der Waals surface area contributed by atoms with E-state index in [4.69, 9.17) is 5.73 Å². The average Bonchev–Trinajstić information content (AvgIpc) is 2.39. The fourth-order valence-electron chi connectivity index (χ4n) is 1.79. The SMILES string of the molecule is Cc1cncc(NC(=O)Nc2ccc(C(C)N)cc2)c1. The van der Waals surface area contributed by atoms with Gasteiger partial charge in [-0.2, -0.15) is 0 Å². The lowest BCUT2D eigenvalue weighted by Crippen LogP contribution is -2.19. The second-order valence-corrected chi connectivity index (χ2v) is 4.74. The highest BCUT2D eigenvalue weighted by Gasteiger charge is 2.04. The number of amides is 2. The lowest BCUT2D eigenvalue weighted by Gasteiger charge is -2.09. The van der Waals surface area contributed by atoms with Crippen LogP contribution in [0.1, 0.15) is 24.1 Å². The molecule has 5 nitrogen and oxygen atoms in total. The van der Waals surface area contributed by atoms with Crippen LogP contribution >= 0.6 is 0 Å². The second kappa shape index (κ2) is 6.16. The van der Waals surface area contributed by atoms with Gasteiger partial charge in [-0.05, 0) is 43.2 Å². The van der Waals surface area contributed by atoms with Crippen molar-refractivity contribution in [3.63, 3.8) is 0 Å². The van der Waals surface area contributed by atoms with Crippen LogP contribution in [0, 0.1) is 6.92 Å². The van der Waals surface area contributed by atoms with Crippen molar-refractivity contribution in [2.75, 3.05) is 10.6 Å². The molecule has 4 N–H and O–H groups in total. The maximum atomic E-state index is 11.8. The summed E-state index contributed by atoms with van der Waals surface area (Å²) in [5.74, 6) is 0. The van der Waals surface area contributed by atoms with Gasteiger partial charge in [-0.15, -0.1) is 0 Å². The Morgan fingerprint density at radius 1 is 1.15 bits per heavy atom. The Bertz CT molecular complexity index is 593. The lowest BCUT2D eigenvalue weighted by atomic mass is 10.1. The first-order valence-corrected chi connectivity index (χ1v) is 6.40. The average molecular weight is 270 g/mol. The van der Waals surface area contributed by atoms with Crippen LogP contribution in [-0.4, -0.2) is 11.0 Å². The number of nitrogens with zero attached hydrogens (tertiary/aromatic N) is 1. The Balaban J connectivity index is 1.97. The van der Waals surface area contributed by atoms with Crippen molar-refractivity contribution in [1.29, 1.82) is 0 Å². The maximum absolute atomic E-state index is 11.8. The summed E-state index contributed by atoms with van der Waals surface area (Å²) in [6.45, 7) is 3.84. The molecule has 2 amide bonds. The largest absolute Gasteiger partial charge is 0.324 e. The Hall–Kier alpha value is -2.40. The molecule has 0 aliphatic rings. The molecule has 0 saturated carbocycles. The van der Waals surface area contributed by atoms with Gasteiger partial charge in [0.2, 0.25) is 0 Å². The van der Waals surface area contributed by atoms with E-state index in [1.165, 1.54) is 0 Å². The number of nitrogens with two attached hydrogens (primary N) is 1. The van der Waals surface area contributed by atoms with Crippen molar-refractivity contribution in [1.82, 2.24) is 4.98 Å². The molecule has 1 atom stereocenters. The van der Waals surface area contributed by atoms with E-state index in [-0.39, 0.29) is 12.1 Å². The molecule has 0 spiro atoms. The molecule has 1 aromatic heterocycles. The molecule has 0 saturated heterocycles. The first-order valence-electron chi connectivity index (χ1n) is 6.40. The minimum atomic E-state index is -0.300. The van der Waals surface area contributed by atoms with Gasteiger partial charge in [0.1, 0.15) is 0 Å². The number of carbonyl (C=O) groups excluding carboxylic acids is 1. The number of hydrogen-bond donors (Lipinski definition) is 3. The van der Waals surface area contributed by atoms with Crippen molar-refractivity contribution >= 4 is 17.4 Å². The lowest BCUT2D eigenvalue weighted by molar-refractivity contribution is 0.262. The number of aryl methyl sites for hydroxylation is 1. The molecule has 5 heteroatoms. The first-order chi connectivity index (χ1) is 9.54. The van der Waals surface area contributed by atoms with E-state index in [0.29, 0.717) is 11.4 Å². The van der Waals surface area contributed by atoms with Crippen molar-refractivity contribution in [3.8, 4) is 0 Å². The number of benzene rings is 1. The fourth-order valence-corrected chi connectivity index (χ4v) is 1.79. The van der Waals surface area contributed by atoms with Crippen LogP contribution in [-0.2, 0) is 0 Å². The van der Waals surface area contributed by atoms with E-state index < -0.39 is 0 Å². The van der Waals surface area contributed by atoms with Crippen LogP contribution in [0.15, 0.2) is 42.7 Å². The summed E-state index contributed by atoms with van der Waals surface area (Å²) in [4.78, 5) is 15.9. The topological polar surface area (TPSA) is 80.0 Å². The molecule has 0 fully saturated rings. The molecule has 0 bridgehead atoms. The van der Waals surface area contributed by atoms with Gasteiger partial charge in [0.05, 0.1) is 11.9 Å². The van der Waals surface area contributed by atoms with Crippen LogP contribution in [0.3, 0.4) is 0 Å². The summed E-state index contributed by atoms with van der Waals surface area (Å²) in [5, 5.41) is 5.49. The monoisotopic (exact) mass is 270 g/mol. The van der Waals surface area contributed by atoms with Crippen LogP contribution < -0.4 is 16.4 Å². The predicted molar refractivity (Wildman–Crippen MR) is 80.7 cm³/mol. The molecule has 1 aromatic carbocycles. The number of urea groups is 1. The number of aromatic nitrogens is 1. The van der Waals surface area contributed by atoms with Crippen LogP contribution in [0.5, 0.6) is 0 Å². The predicted octanol–water partition coefficient (Wildman–Crippen LogP) is 3.05. The summed E-state index contributed by atoms with van der Waals surface area (Å²) in [5.41, 5.74) is 9.17. The third-order valence-corrected chi connectivity index (χ3v) is 2.83. The zero-order valence-electron chi connectivity index (χ0n) is 11.6. The van der Waals surface area contributed by atoms with E-state index in [1.807, 2.05) is 44.2 Å². The highest BCUT2D eigenvalue weighted by atomic mass is 16.2. The van der Waals surface area contributed by atoms with Crippen LogP contribution in [0.2, 0.25) is 0 Å². The van der Waals surface area contributed by atoms with Crippen molar-refractivity contribution in [2.45, 2.75) is 19.9 Å². The number of pyridine rings is 1. The Labute approximate surface area is 118 Å². The molecule has 0 aliphatic heterocycles. The molecule has 20 heavy (non-hydrogen) atoms. The summed E-state index contributed by atoms with van der Waals surface area (Å²) in [6.07, 6.45) is 3.33. The standard InChI is InChI=1S/C15H18N4O/c1-10-7-14(9-17-8-10)19-15(20)18-13-5-3-12(4-6-13)11(2)16/h3-9,11H,16H2,1-2H3,(H2,18,19,20). The fraction of sp³-hybridized carbons (Fsp3) is 0.200. The molecule has 0 aliphatic carbocycles. The highest BCUT2D eigenvalue weighted by Crippen LogP contribution is 2.14. The molecule has 104 valence electrons. The van der Waals surface area contributed by atoms with Crippen LogP contribution in [0.25, 0.3) is 0 Å². The zero-order valence-corrected chi connectivity index (χ0v) is 11.6. The first kappa shape index (κ1) is 14.0. The normalized spacial score (nSPS) is 11.8. The molecule has 2 rings (SSSR count). The zero-order chi connectivity index (χ0) is 14.5. The third kappa shape index (κ3) is 3.80. The van der Waals surface area contributed by atoms with Gasteiger partial charge in [-0.25, -0.2) is 4.79 Å². The third-order valence-electron chi connectivity index (χ3n) is 2.83. The number of anilines is 2. The summed E-state index contributed by atoms with van der Waals surface area (Å²) in [7, 11) is 0. The second-order valence-electron chi connectivity index (χ2n) is 4.74. The highest BCUT2D eigenvalue weighted by molar-refractivity contribution is 5.99. The minimum Gasteiger partial charge on any atom is -0.324 e. The Morgan fingerprint density at radius 2 is 1.80 bits per heavy atom. The van der Waals surface area contributed by atoms with Crippen LogP contribution in [0.4, 0.5) is 16.2 Å². The van der Waals surface area contributed by atoms with E-state index in [0.717, 1.165) is 11.1 Å². The molecule has 1 unspecified atom stereocenters. The minimum absolute atomic E-state index is 0.0174. The van der Waals surface area contributed by atoms with Gasteiger partial charge >= 0.3 is 6.03 Å². The number of rotatable bonds is 3. The molecule has 0 radical (unpaired) electrons. The number of carbonyl (C=O) groups is 1. The molecule has 1 heterocycles. The van der Waals surface area contributed by atoms with Gasteiger partial charge in [-0.1, -0.05) is 12.1 Å². The Morgan fingerprint density at radius 3 is 2.40 bits per heavy atom.